The van der Waals surface area contributed by atoms with Gasteiger partial charge in [0.15, 0.2) is 11.9 Å². The number of amides is 1. The summed E-state index contributed by atoms with van der Waals surface area (Å²) in [5, 5.41) is 22.5. The molecule has 3 unspecified atom stereocenters. The highest BCUT2D eigenvalue weighted by Crippen LogP contribution is 2.61. The van der Waals surface area contributed by atoms with Crippen LogP contribution in [-0.4, -0.2) is 57.1 Å². The molecule has 1 saturated heterocycles. The maximum absolute atomic E-state index is 12.5. The van der Waals surface area contributed by atoms with E-state index in [1.807, 2.05) is 0 Å². The standard InChI is InChI=1S/C15H23NO11P2/c1-2-8-24-28(20,21)27-29(22,23)26-13-9-15(19,12(10-17)25-13)14(18)16-11-6-4-3-5-7-11/h3-7,12-13,17,19H,2,8-10H2,1H3,(H,16,18)(H,20,21)(H,22,23)/t12-,13?,15+/m1/s1. The van der Waals surface area contributed by atoms with E-state index in [1.165, 1.54) is 0 Å². The number of phosphoric acid groups is 2. The molecule has 0 aromatic heterocycles. The van der Waals surface area contributed by atoms with Gasteiger partial charge in [-0.15, -0.1) is 0 Å². The number of nitrogens with one attached hydrogen (secondary N) is 1. The molecule has 0 aliphatic carbocycles. The summed E-state index contributed by atoms with van der Waals surface area (Å²) in [4.78, 5) is 31.6. The minimum atomic E-state index is -5.18. The lowest BCUT2D eigenvalue weighted by Gasteiger charge is -2.25. The van der Waals surface area contributed by atoms with Crippen molar-refractivity contribution >= 4 is 27.2 Å². The number of phosphoric ester groups is 2. The Labute approximate surface area is 166 Å². The van der Waals surface area contributed by atoms with Crippen molar-refractivity contribution in [2.75, 3.05) is 18.5 Å². The molecule has 29 heavy (non-hydrogen) atoms. The molecule has 1 heterocycles. The van der Waals surface area contributed by atoms with Gasteiger partial charge in [0.25, 0.3) is 5.91 Å². The van der Waals surface area contributed by atoms with Crippen molar-refractivity contribution in [3.05, 3.63) is 30.3 Å². The van der Waals surface area contributed by atoms with Crippen LogP contribution in [0.4, 0.5) is 5.69 Å². The molecule has 14 heteroatoms. The Morgan fingerprint density at radius 2 is 1.93 bits per heavy atom. The zero-order chi connectivity index (χ0) is 21.7. The number of hydrogen-bond donors (Lipinski definition) is 5. The van der Waals surface area contributed by atoms with Crippen LogP contribution < -0.4 is 5.32 Å². The van der Waals surface area contributed by atoms with Gasteiger partial charge in [0.2, 0.25) is 0 Å². The van der Waals surface area contributed by atoms with Crippen LogP contribution in [0.5, 0.6) is 0 Å². The first-order chi connectivity index (χ1) is 13.5. The van der Waals surface area contributed by atoms with Crippen LogP contribution >= 0.6 is 15.6 Å². The molecule has 1 aromatic rings. The molecule has 1 aliphatic heterocycles. The number of carbonyl (C=O) groups excluding carboxylic acids is 1. The third kappa shape index (κ3) is 6.66. The normalized spacial score (nSPS) is 28.4. The fourth-order valence-electron chi connectivity index (χ4n) is 2.51. The van der Waals surface area contributed by atoms with E-state index in [4.69, 9.17) is 4.74 Å². The smallest absolute Gasteiger partial charge is 0.394 e. The molecule has 1 aromatic carbocycles. The Balaban J connectivity index is 2.06. The van der Waals surface area contributed by atoms with Crippen LogP contribution in [0, 0.1) is 0 Å². The summed E-state index contributed by atoms with van der Waals surface area (Å²) < 4.78 is 42.0. The summed E-state index contributed by atoms with van der Waals surface area (Å²) in [5.41, 5.74) is -1.95. The van der Waals surface area contributed by atoms with Gasteiger partial charge in [-0.1, -0.05) is 25.1 Å². The second-order valence-electron chi connectivity index (χ2n) is 6.14. The zero-order valence-electron chi connectivity index (χ0n) is 15.4. The van der Waals surface area contributed by atoms with Crippen molar-refractivity contribution in [3.63, 3.8) is 0 Å². The molecule has 0 bridgehead atoms. The van der Waals surface area contributed by atoms with Crippen LogP contribution in [0.1, 0.15) is 19.8 Å². The van der Waals surface area contributed by atoms with Crippen LogP contribution in [0.3, 0.4) is 0 Å². The summed E-state index contributed by atoms with van der Waals surface area (Å²) in [6.45, 7) is 0.616. The number of benzene rings is 1. The molecule has 2 rings (SSSR count). The van der Waals surface area contributed by atoms with E-state index in [1.54, 1.807) is 37.3 Å². The van der Waals surface area contributed by atoms with E-state index >= 15 is 0 Å². The van der Waals surface area contributed by atoms with Gasteiger partial charge in [-0.3, -0.25) is 13.8 Å². The van der Waals surface area contributed by atoms with Gasteiger partial charge in [-0.25, -0.2) is 9.13 Å². The fraction of sp³-hybridized carbons (Fsp3) is 0.533. The summed E-state index contributed by atoms with van der Waals surface area (Å²) in [5.74, 6) is -0.943. The van der Waals surface area contributed by atoms with E-state index in [2.05, 4.69) is 18.7 Å². The average Bonchev–Trinajstić information content (AvgIpc) is 2.95. The van der Waals surface area contributed by atoms with Crippen LogP contribution in [0.15, 0.2) is 30.3 Å². The second kappa shape index (κ2) is 9.76. The Morgan fingerprint density at radius 1 is 1.28 bits per heavy atom. The Hall–Kier alpha value is -1.17. The maximum Gasteiger partial charge on any atom is 0.483 e. The van der Waals surface area contributed by atoms with Gasteiger partial charge < -0.3 is 30.1 Å². The van der Waals surface area contributed by atoms with E-state index in [0.29, 0.717) is 12.1 Å². The molecule has 5 N–H and O–H groups in total. The van der Waals surface area contributed by atoms with Crippen molar-refractivity contribution < 1.29 is 52.0 Å². The summed E-state index contributed by atoms with van der Waals surface area (Å²) in [6.07, 6.45) is -3.50. The first-order valence-corrected chi connectivity index (χ1v) is 11.6. The minimum absolute atomic E-state index is 0.209. The van der Waals surface area contributed by atoms with Crippen LogP contribution in [0.2, 0.25) is 0 Å². The first kappa shape index (κ1) is 24.1. The molecule has 12 nitrogen and oxygen atoms in total. The number of hydrogen-bond acceptors (Lipinski definition) is 9. The van der Waals surface area contributed by atoms with Crippen molar-refractivity contribution in [2.24, 2.45) is 0 Å². The largest absolute Gasteiger partial charge is 0.483 e. The van der Waals surface area contributed by atoms with Gasteiger partial charge in [0.1, 0.15) is 6.10 Å². The quantitative estimate of drug-likeness (QED) is 0.319. The van der Waals surface area contributed by atoms with Crippen molar-refractivity contribution in [2.45, 2.75) is 37.8 Å². The van der Waals surface area contributed by atoms with Crippen LogP contribution in [0.25, 0.3) is 0 Å². The number of para-hydroxylation sites is 1. The lowest BCUT2D eigenvalue weighted by atomic mass is 9.94. The van der Waals surface area contributed by atoms with Crippen molar-refractivity contribution in [1.29, 1.82) is 0 Å². The Kier molecular flexibility index (Phi) is 8.11. The number of anilines is 1. The number of ether oxygens (including phenoxy) is 1. The van der Waals surface area contributed by atoms with E-state index in [-0.39, 0.29) is 6.61 Å². The zero-order valence-corrected chi connectivity index (χ0v) is 17.2. The van der Waals surface area contributed by atoms with Crippen molar-refractivity contribution in [3.8, 4) is 0 Å². The lowest BCUT2D eigenvalue weighted by Crippen LogP contribution is -2.50. The SMILES string of the molecule is CCCOP(=O)(O)OP(=O)(O)OC1C[C@@](O)(C(=O)Nc2ccccc2)[C@@H](CO)O1. The summed E-state index contributed by atoms with van der Waals surface area (Å²) in [7, 11) is -10.1. The number of aliphatic hydroxyl groups is 2. The van der Waals surface area contributed by atoms with Crippen molar-refractivity contribution in [1.82, 2.24) is 0 Å². The van der Waals surface area contributed by atoms with Crippen LogP contribution in [-0.2, 0) is 32.0 Å². The summed E-state index contributed by atoms with van der Waals surface area (Å²) >= 11 is 0. The molecule has 164 valence electrons. The predicted octanol–water partition coefficient (Wildman–Crippen LogP) is 1.12. The molecular formula is C15H23NO11P2. The minimum Gasteiger partial charge on any atom is -0.394 e. The highest BCUT2D eigenvalue weighted by atomic mass is 31.3. The monoisotopic (exact) mass is 455 g/mol. The molecule has 0 radical (unpaired) electrons. The highest BCUT2D eigenvalue weighted by Gasteiger charge is 2.55. The van der Waals surface area contributed by atoms with Gasteiger partial charge in [-0.2, -0.15) is 4.31 Å². The van der Waals surface area contributed by atoms with E-state index < -0.39 is 52.6 Å². The maximum atomic E-state index is 12.5. The number of rotatable bonds is 10. The lowest BCUT2D eigenvalue weighted by molar-refractivity contribution is -0.145. The fourth-order valence-corrected chi connectivity index (χ4v) is 4.73. The third-order valence-electron chi connectivity index (χ3n) is 3.83. The molecule has 0 spiro atoms. The Morgan fingerprint density at radius 3 is 2.52 bits per heavy atom. The highest BCUT2D eigenvalue weighted by molar-refractivity contribution is 7.61. The number of aliphatic hydroxyl groups excluding tert-OH is 1. The number of carbonyl (C=O) groups is 1. The molecular weight excluding hydrogens is 432 g/mol. The molecule has 1 aliphatic rings. The summed E-state index contributed by atoms with van der Waals surface area (Å²) in [6, 6.07) is 8.13. The van der Waals surface area contributed by atoms with E-state index in [0.717, 1.165) is 0 Å². The van der Waals surface area contributed by atoms with Gasteiger partial charge in [0, 0.05) is 12.1 Å². The van der Waals surface area contributed by atoms with E-state index in [9.17, 15) is 33.9 Å². The van der Waals surface area contributed by atoms with Gasteiger partial charge >= 0.3 is 15.6 Å². The third-order valence-corrected chi connectivity index (χ3v) is 6.49. The molecule has 5 atom stereocenters. The molecule has 1 fully saturated rings. The molecule has 0 saturated carbocycles. The molecule has 1 amide bonds. The topological polar surface area (TPSA) is 181 Å². The Bertz CT molecular complexity index is 792. The first-order valence-electron chi connectivity index (χ1n) is 8.56. The second-order valence-corrected chi connectivity index (χ2v) is 9.14. The van der Waals surface area contributed by atoms with Gasteiger partial charge in [-0.05, 0) is 18.6 Å². The predicted molar refractivity (Wildman–Crippen MR) is 98.4 cm³/mol. The average molecular weight is 455 g/mol. The van der Waals surface area contributed by atoms with Gasteiger partial charge in [0.05, 0.1) is 13.2 Å².